The molecule has 0 saturated heterocycles. The van der Waals surface area contributed by atoms with Gasteiger partial charge in [-0.05, 0) is 59.9 Å². The largest absolute Gasteiger partial charge is 0.294 e. The summed E-state index contributed by atoms with van der Waals surface area (Å²) in [5.41, 5.74) is 1.62. The molecular formula is C23H20BrF2NO2. The lowest BCUT2D eigenvalue weighted by Gasteiger charge is -2.43. The first-order chi connectivity index (χ1) is 13.7. The van der Waals surface area contributed by atoms with E-state index in [4.69, 9.17) is 0 Å². The van der Waals surface area contributed by atoms with Gasteiger partial charge in [0.25, 0.3) is 0 Å². The normalized spacial score (nSPS) is 21.4. The van der Waals surface area contributed by atoms with E-state index in [-0.39, 0.29) is 23.5 Å². The number of anilines is 1. The molecule has 1 aliphatic heterocycles. The maximum Gasteiger partial charge on any atom is 0.232 e. The second kappa shape index (κ2) is 7.17. The van der Waals surface area contributed by atoms with Gasteiger partial charge in [0, 0.05) is 40.2 Å². The van der Waals surface area contributed by atoms with E-state index < -0.39 is 17.6 Å². The number of carbonyl (C=O) groups excluding carboxylic acids is 2. The van der Waals surface area contributed by atoms with Crippen LogP contribution in [-0.2, 0) is 9.59 Å². The van der Waals surface area contributed by atoms with Crippen LogP contribution in [0.5, 0.6) is 0 Å². The predicted octanol–water partition coefficient (Wildman–Crippen LogP) is 5.89. The molecule has 1 atom stereocenters. The fourth-order valence-corrected chi connectivity index (χ4v) is 4.73. The number of nitrogens with zero attached hydrogens (tertiary/aromatic N) is 1. The zero-order valence-electron chi connectivity index (χ0n) is 16.1. The molecule has 0 aromatic heterocycles. The standard InChI is InChI=1S/C23H20BrF2NO2/c1-23(2)11-19-22(20(28)12-23)17(16-9-13(24)3-8-18(16)26)10-21(29)27(19)15-6-4-14(25)5-7-15/h3-9,17H,10-12H2,1-2H3. The van der Waals surface area contributed by atoms with Gasteiger partial charge in [0.2, 0.25) is 5.91 Å². The van der Waals surface area contributed by atoms with Crippen molar-refractivity contribution in [2.45, 2.75) is 39.0 Å². The van der Waals surface area contributed by atoms with Gasteiger partial charge in [0.1, 0.15) is 11.6 Å². The van der Waals surface area contributed by atoms with Gasteiger partial charge in [-0.25, -0.2) is 8.78 Å². The van der Waals surface area contributed by atoms with Crippen LogP contribution in [-0.4, -0.2) is 11.7 Å². The first kappa shape index (κ1) is 20.0. The fourth-order valence-electron chi connectivity index (χ4n) is 4.35. The first-order valence-corrected chi connectivity index (χ1v) is 10.3. The van der Waals surface area contributed by atoms with Crippen LogP contribution in [0.3, 0.4) is 0 Å². The van der Waals surface area contributed by atoms with E-state index in [2.05, 4.69) is 15.9 Å². The average Bonchev–Trinajstić information content (AvgIpc) is 2.63. The number of halogens is 3. The van der Waals surface area contributed by atoms with Crippen molar-refractivity contribution in [3.63, 3.8) is 0 Å². The highest BCUT2D eigenvalue weighted by Crippen LogP contribution is 2.48. The lowest BCUT2D eigenvalue weighted by Crippen LogP contribution is -2.43. The number of carbonyl (C=O) groups is 2. The molecule has 2 aliphatic rings. The second-order valence-electron chi connectivity index (χ2n) is 8.43. The Labute approximate surface area is 176 Å². The molecule has 0 radical (unpaired) electrons. The first-order valence-electron chi connectivity index (χ1n) is 9.46. The van der Waals surface area contributed by atoms with Crippen molar-refractivity contribution in [3.05, 3.63) is 75.4 Å². The topological polar surface area (TPSA) is 37.4 Å². The maximum absolute atomic E-state index is 14.7. The van der Waals surface area contributed by atoms with Crippen molar-refractivity contribution in [1.82, 2.24) is 0 Å². The van der Waals surface area contributed by atoms with E-state index >= 15 is 0 Å². The minimum atomic E-state index is -0.629. The quantitative estimate of drug-likeness (QED) is 0.561. The minimum Gasteiger partial charge on any atom is -0.294 e. The van der Waals surface area contributed by atoms with Crippen LogP contribution in [0.4, 0.5) is 14.5 Å². The van der Waals surface area contributed by atoms with Crippen molar-refractivity contribution in [1.29, 1.82) is 0 Å². The molecule has 0 fully saturated rings. The molecule has 29 heavy (non-hydrogen) atoms. The van der Waals surface area contributed by atoms with Crippen molar-refractivity contribution < 1.29 is 18.4 Å². The summed E-state index contributed by atoms with van der Waals surface area (Å²) in [6, 6.07) is 10.2. The number of Topliss-reactive ketones (excluding diaryl/α,β-unsaturated/α-hetero) is 1. The third kappa shape index (κ3) is 3.66. The summed E-state index contributed by atoms with van der Waals surface area (Å²) in [4.78, 5) is 27.9. The van der Waals surface area contributed by atoms with Crippen LogP contribution < -0.4 is 4.90 Å². The molecule has 2 aromatic rings. The molecule has 1 unspecified atom stereocenters. The minimum absolute atomic E-state index is 0.0181. The molecule has 0 saturated carbocycles. The smallest absolute Gasteiger partial charge is 0.232 e. The number of allylic oxidation sites excluding steroid dienone is 2. The van der Waals surface area contributed by atoms with Crippen molar-refractivity contribution >= 4 is 33.3 Å². The highest BCUT2D eigenvalue weighted by Gasteiger charge is 2.44. The van der Waals surface area contributed by atoms with E-state index in [0.29, 0.717) is 39.8 Å². The summed E-state index contributed by atoms with van der Waals surface area (Å²) in [6.07, 6.45) is 0.822. The molecule has 1 amide bonds. The molecule has 0 N–H and O–H groups in total. The molecule has 150 valence electrons. The summed E-state index contributed by atoms with van der Waals surface area (Å²) in [6.45, 7) is 3.95. The van der Waals surface area contributed by atoms with Crippen LogP contribution in [0.2, 0.25) is 0 Å². The van der Waals surface area contributed by atoms with E-state index in [9.17, 15) is 18.4 Å². The Morgan fingerprint density at radius 1 is 1.03 bits per heavy atom. The molecule has 4 rings (SSSR count). The Hall–Kier alpha value is -2.34. The number of hydrogen-bond acceptors (Lipinski definition) is 2. The molecule has 0 spiro atoms. The van der Waals surface area contributed by atoms with Crippen molar-refractivity contribution in [2.75, 3.05) is 4.90 Å². The summed E-state index contributed by atoms with van der Waals surface area (Å²) in [5.74, 6) is -1.77. The summed E-state index contributed by atoms with van der Waals surface area (Å²) in [7, 11) is 0. The summed E-state index contributed by atoms with van der Waals surface area (Å²) < 4.78 is 28.8. The van der Waals surface area contributed by atoms with E-state index in [1.807, 2.05) is 13.8 Å². The molecular weight excluding hydrogens is 440 g/mol. The van der Waals surface area contributed by atoms with E-state index in [0.717, 1.165) is 0 Å². The monoisotopic (exact) mass is 459 g/mol. The van der Waals surface area contributed by atoms with Crippen LogP contribution >= 0.6 is 15.9 Å². The Bertz CT molecular complexity index is 1040. The zero-order valence-corrected chi connectivity index (χ0v) is 17.7. The van der Waals surface area contributed by atoms with Gasteiger partial charge in [0.15, 0.2) is 5.78 Å². The zero-order chi connectivity index (χ0) is 20.9. The summed E-state index contributed by atoms with van der Waals surface area (Å²) in [5, 5.41) is 0. The van der Waals surface area contributed by atoms with Crippen LogP contribution in [0.1, 0.15) is 44.6 Å². The predicted molar refractivity (Wildman–Crippen MR) is 110 cm³/mol. The molecule has 1 aliphatic carbocycles. The third-order valence-electron chi connectivity index (χ3n) is 5.56. The fraction of sp³-hybridized carbons (Fsp3) is 0.304. The second-order valence-corrected chi connectivity index (χ2v) is 9.35. The van der Waals surface area contributed by atoms with Gasteiger partial charge in [-0.1, -0.05) is 29.8 Å². The highest BCUT2D eigenvalue weighted by molar-refractivity contribution is 9.10. The molecule has 6 heteroatoms. The maximum atomic E-state index is 14.7. The van der Waals surface area contributed by atoms with E-state index in [1.165, 1.54) is 35.2 Å². The number of hydrogen-bond donors (Lipinski definition) is 0. The van der Waals surface area contributed by atoms with E-state index in [1.54, 1.807) is 12.1 Å². The van der Waals surface area contributed by atoms with Gasteiger partial charge in [-0.3, -0.25) is 14.5 Å². The van der Waals surface area contributed by atoms with Crippen LogP contribution in [0.25, 0.3) is 0 Å². The Balaban J connectivity index is 1.92. The van der Waals surface area contributed by atoms with Gasteiger partial charge in [-0.2, -0.15) is 0 Å². The van der Waals surface area contributed by atoms with Gasteiger partial charge in [0.05, 0.1) is 0 Å². The lowest BCUT2D eigenvalue weighted by atomic mass is 9.69. The highest BCUT2D eigenvalue weighted by atomic mass is 79.9. The number of amides is 1. The van der Waals surface area contributed by atoms with Crippen molar-refractivity contribution in [2.24, 2.45) is 5.41 Å². The third-order valence-corrected chi connectivity index (χ3v) is 6.05. The molecule has 0 bridgehead atoms. The Morgan fingerprint density at radius 3 is 2.41 bits per heavy atom. The number of rotatable bonds is 2. The van der Waals surface area contributed by atoms with Gasteiger partial charge in [-0.15, -0.1) is 0 Å². The van der Waals surface area contributed by atoms with Gasteiger partial charge < -0.3 is 0 Å². The lowest BCUT2D eigenvalue weighted by molar-refractivity contribution is -0.121. The molecule has 1 heterocycles. The average molecular weight is 460 g/mol. The molecule has 2 aromatic carbocycles. The molecule has 3 nitrogen and oxygen atoms in total. The Kier molecular flexibility index (Phi) is 4.93. The SMILES string of the molecule is CC1(C)CC(=O)C2=C(C1)N(c1ccc(F)cc1)C(=O)CC2c1cc(Br)ccc1F. The van der Waals surface area contributed by atoms with Crippen LogP contribution in [0, 0.1) is 17.0 Å². The van der Waals surface area contributed by atoms with Gasteiger partial charge >= 0.3 is 0 Å². The summed E-state index contributed by atoms with van der Waals surface area (Å²) >= 11 is 3.36. The number of ketones is 1. The van der Waals surface area contributed by atoms with Crippen LogP contribution in [0.15, 0.2) is 58.2 Å². The number of benzene rings is 2. The Morgan fingerprint density at radius 2 is 1.72 bits per heavy atom. The van der Waals surface area contributed by atoms with Crippen molar-refractivity contribution in [3.8, 4) is 0 Å².